The molecule has 0 bridgehead atoms. The van der Waals surface area contributed by atoms with Gasteiger partial charge in [-0.05, 0) is 60.9 Å². The van der Waals surface area contributed by atoms with Crippen molar-refractivity contribution in [1.29, 1.82) is 0 Å². The van der Waals surface area contributed by atoms with E-state index in [4.69, 9.17) is 11.6 Å². The number of aliphatic imine (C=N–C) groups is 1. The summed E-state index contributed by atoms with van der Waals surface area (Å²) in [6, 6.07) is 4.05. The van der Waals surface area contributed by atoms with Crippen molar-refractivity contribution in [3.8, 4) is 0 Å². The summed E-state index contributed by atoms with van der Waals surface area (Å²) in [6.45, 7) is 8.68. The summed E-state index contributed by atoms with van der Waals surface area (Å²) in [4.78, 5) is 21.6. The van der Waals surface area contributed by atoms with Crippen LogP contribution in [-0.4, -0.2) is 37.3 Å². The number of halogens is 1. The van der Waals surface area contributed by atoms with Crippen LogP contribution in [-0.2, 0) is 6.54 Å². The quantitative estimate of drug-likeness (QED) is 0.637. The first-order chi connectivity index (χ1) is 15.4. The van der Waals surface area contributed by atoms with Gasteiger partial charge in [-0.25, -0.2) is 4.98 Å². The van der Waals surface area contributed by atoms with Gasteiger partial charge in [-0.1, -0.05) is 18.2 Å². The van der Waals surface area contributed by atoms with Crippen LogP contribution in [0.2, 0.25) is 0 Å². The first-order valence-electron chi connectivity index (χ1n) is 10.1. The molecule has 0 radical (unpaired) electrons. The van der Waals surface area contributed by atoms with Gasteiger partial charge in [0.2, 0.25) is 0 Å². The van der Waals surface area contributed by atoms with E-state index in [0.29, 0.717) is 22.7 Å². The fourth-order valence-corrected chi connectivity index (χ4v) is 3.39. The highest BCUT2D eigenvalue weighted by Gasteiger charge is 2.12. The molecule has 1 aliphatic rings. The van der Waals surface area contributed by atoms with Crippen LogP contribution < -0.4 is 5.32 Å². The van der Waals surface area contributed by atoms with Gasteiger partial charge in [0.25, 0.3) is 5.91 Å². The first-order valence-corrected chi connectivity index (χ1v) is 10.5. The predicted molar refractivity (Wildman–Crippen MR) is 127 cm³/mol. The molecule has 0 spiro atoms. The van der Waals surface area contributed by atoms with Crippen LogP contribution in [0.15, 0.2) is 89.1 Å². The summed E-state index contributed by atoms with van der Waals surface area (Å²) in [5.74, 6) is -0.232. The van der Waals surface area contributed by atoms with E-state index < -0.39 is 0 Å². The lowest BCUT2D eigenvalue weighted by Crippen LogP contribution is -2.25. The molecule has 8 heteroatoms. The van der Waals surface area contributed by atoms with Gasteiger partial charge in [0.15, 0.2) is 0 Å². The zero-order chi connectivity index (χ0) is 22.7. The molecular formula is C24H23ClN6O. The number of hydrogen-bond donors (Lipinski definition) is 1. The Hall–Kier alpha value is -3.71. The first kappa shape index (κ1) is 21.5. The van der Waals surface area contributed by atoms with E-state index in [9.17, 15) is 4.79 Å². The number of hydrogen-bond acceptors (Lipinski definition) is 4. The van der Waals surface area contributed by atoms with Crippen LogP contribution >= 0.6 is 11.6 Å². The van der Waals surface area contributed by atoms with E-state index in [1.807, 2.05) is 48.9 Å². The molecule has 4 rings (SSSR count). The summed E-state index contributed by atoms with van der Waals surface area (Å²) in [5.41, 5.74) is 5.63. The van der Waals surface area contributed by atoms with E-state index >= 15 is 0 Å². The van der Waals surface area contributed by atoms with Crippen molar-refractivity contribution in [2.24, 2.45) is 4.99 Å². The van der Waals surface area contributed by atoms with E-state index in [0.717, 1.165) is 28.2 Å². The van der Waals surface area contributed by atoms with Gasteiger partial charge < -0.3 is 9.72 Å². The fraction of sp³-hybridized carbons (Fsp3) is 0.167. The Labute approximate surface area is 191 Å². The molecule has 0 aromatic carbocycles. The Balaban J connectivity index is 1.42. The lowest BCUT2D eigenvalue weighted by atomic mass is 10.1. The van der Waals surface area contributed by atoms with Crippen LogP contribution in [0.25, 0.3) is 5.65 Å². The van der Waals surface area contributed by atoms with Crippen LogP contribution in [0.3, 0.4) is 0 Å². The number of aryl methyl sites for hydroxylation is 1. The molecular weight excluding hydrogens is 424 g/mol. The van der Waals surface area contributed by atoms with E-state index in [-0.39, 0.29) is 12.5 Å². The molecule has 0 aliphatic carbocycles. The second kappa shape index (κ2) is 9.20. The molecule has 3 aromatic heterocycles. The summed E-state index contributed by atoms with van der Waals surface area (Å²) in [6.07, 6.45) is 14.2. The minimum absolute atomic E-state index is 0.232. The zero-order valence-electron chi connectivity index (χ0n) is 17.9. The summed E-state index contributed by atoms with van der Waals surface area (Å²) < 4.78 is 3.67. The number of aromatic nitrogens is 4. The molecule has 0 saturated carbocycles. The lowest BCUT2D eigenvalue weighted by molar-refractivity contribution is 0.0957. The highest BCUT2D eigenvalue weighted by molar-refractivity contribution is 6.31. The van der Waals surface area contributed by atoms with Crippen molar-refractivity contribution in [3.63, 3.8) is 0 Å². The smallest absolute Gasteiger partial charge is 0.254 e. The molecule has 1 N–H and O–H groups in total. The molecule has 3 aromatic rings. The van der Waals surface area contributed by atoms with Crippen molar-refractivity contribution < 1.29 is 4.79 Å². The molecule has 1 amide bonds. The van der Waals surface area contributed by atoms with Gasteiger partial charge in [-0.3, -0.25) is 14.5 Å². The standard InChI is InChI=1S/C24H23ClN6O/c1-16-6-7-30-14-22(29-23(30)8-16)15-31-13-20(12-28-31)24(32)27-11-19-10-26-18(3)4-5-21(25)9-17(19)2/h4-10,12-14H,2,11,15H2,1,3H3,(H,27,32)/b5-4-,19-10-,21-9+,26-18+. The Morgan fingerprint density at radius 3 is 2.94 bits per heavy atom. The summed E-state index contributed by atoms with van der Waals surface area (Å²) >= 11 is 6.18. The number of rotatable bonds is 5. The second-order valence-corrected chi connectivity index (χ2v) is 8.06. The van der Waals surface area contributed by atoms with Crippen molar-refractivity contribution in [2.75, 3.05) is 6.54 Å². The van der Waals surface area contributed by atoms with Gasteiger partial charge in [-0.15, -0.1) is 0 Å². The molecule has 4 heterocycles. The Morgan fingerprint density at radius 1 is 1.25 bits per heavy atom. The van der Waals surface area contributed by atoms with Crippen LogP contribution in [0, 0.1) is 6.92 Å². The number of imidazole rings is 1. The molecule has 0 atom stereocenters. The van der Waals surface area contributed by atoms with Crippen LogP contribution in [0.1, 0.15) is 28.5 Å². The van der Waals surface area contributed by atoms with Gasteiger partial charge in [0.1, 0.15) is 5.65 Å². The maximum Gasteiger partial charge on any atom is 0.254 e. The number of nitrogens with one attached hydrogen (secondary N) is 1. The Kier molecular flexibility index (Phi) is 6.18. The topological polar surface area (TPSA) is 76.6 Å². The third-order valence-electron chi connectivity index (χ3n) is 4.96. The van der Waals surface area contributed by atoms with E-state index in [1.54, 1.807) is 35.4 Å². The number of carbonyl (C=O) groups excluding carboxylic acids is 1. The average molecular weight is 447 g/mol. The number of allylic oxidation sites excluding steroid dienone is 4. The fourth-order valence-electron chi connectivity index (χ4n) is 3.20. The van der Waals surface area contributed by atoms with Crippen molar-refractivity contribution in [3.05, 3.63) is 101 Å². The summed E-state index contributed by atoms with van der Waals surface area (Å²) in [5, 5.41) is 7.75. The Bertz CT molecular complexity index is 1320. The van der Waals surface area contributed by atoms with E-state index in [2.05, 4.69) is 27.0 Å². The number of fused-ring (bicyclic) bond motifs is 1. The maximum absolute atomic E-state index is 12.7. The largest absolute Gasteiger partial charge is 0.348 e. The zero-order valence-corrected chi connectivity index (χ0v) is 18.7. The number of pyridine rings is 1. The van der Waals surface area contributed by atoms with E-state index in [1.165, 1.54) is 0 Å². The molecule has 32 heavy (non-hydrogen) atoms. The van der Waals surface area contributed by atoms with Crippen molar-refractivity contribution in [2.45, 2.75) is 20.4 Å². The number of carbonyl (C=O) groups is 1. The summed E-state index contributed by atoms with van der Waals surface area (Å²) in [7, 11) is 0. The number of amides is 1. The van der Waals surface area contributed by atoms with Crippen LogP contribution in [0.4, 0.5) is 0 Å². The minimum Gasteiger partial charge on any atom is -0.348 e. The maximum atomic E-state index is 12.7. The average Bonchev–Trinajstić information content (AvgIpc) is 3.38. The molecule has 162 valence electrons. The van der Waals surface area contributed by atoms with Gasteiger partial charge in [0, 0.05) is 42.1 Å². The monoisotopic (exact) mass is 446 g/mol. The predicted octanol–water partition coefficient (Wildman–Crippen LogP) is 4.21. The number of nitrogens with zero attached hydrogens (tertiary/aromatic N) is 5. The van der Waals surface area contributed by atoms with Gasteiger partial charge in [0.05, 0.1) is 24.0 Å². The van der Waals surface area contributed by atoms with Gasteiger partial charge >= 0.3 is 0 Å². The van der Waals surface area contributed by atoms with Crippen molar-refractivity contribution in [1.82, 2.24) is 24.5 Å². The normalized spacial score (nSPS) is 20.2. The minimum atomic E-state index is -0.232. The molecule has 0 fully saturated rings. The highest BCUT2D eigenvalue weighted by Crippen LogP contribution is 2.17. The third-order valence-corrected chi connectivity index (χ3v) is 5.19. The SMILES string of the molecule is C=C1\C=C(Cl)/C=C\C(C)=N\C=C/1CNC(=O)c1cnn(Cc2cn3ccc(C)cc3n2)c1. The molecule has 0 saturated heterocycles. The lowest BCUT2D eigenvalue weighted by Gasteiger charge is -2.08. The third kappa shape index (κ3) is 5.12. The van der Waals surface area contributed by atoms with Gasteiger partial charge in [-0.2, -0.15) is 5.10 Å². The van der Waals surface area contributed by atoms with Crippen molar-refractivity contribution >= 4 is 28.9 Å². The Morgan fingerprint density at radius 2 is 2.09 bits per heavy atom. The molecule has 1 aliphatic heterocycles. The highest BCUT2D eigenvalue weighted by atomic mass is 35.5. The van der Waals surface area contributed by atoms with Crippen LogP contribution in [0.5, 0.6) is 0 Å². The molecule has 0 unspecified atom stereocenters. The second-order valence-electron chi connectivity index (χ2n) is 7.62. The molecule has 7 nitrogen and oxygen atoms in total.